The van der Waals surface area contributed by atoms with E-state index in [0.29, 0.717) is 28.1 Å². The lowest BCUT2D eigenvalue weighted by Gasteiger charge is -2.20. The summed E-state index contributed by atoms with van der Waals surface area (Å²) in [5.74, 6) is -0.328. The molecule has 0 fully saturated rings. The molecule has 1 aromatic heterocycles. The number of halogens is 3. The van der Waals surface area contributed by atoms with Crippen molar-refractivity contribution < 1.29 is 22.7 Å². The molecule has 0 saturated heterocycles. The predicted octanol–water partition coefficient (Wildman–Crippen LogP) is 5.06. The molecule has 9 heteroatoms. The van der Waals surface area contributed by atoms with Crippen molar-refractivity contribution >= 4 is 23.4 Å². The summed E-state index contributed by atoms with van der Waals surface area (Å²) in [5.41, 5.74) is 6.28. The Kier molecular flexibility index (Phi) is 7.03. The van der Waals surface area contributed by atoms with Gasteiger partial charge < -0.3 is 10.5 Å². The lowest BCUT2D eigenvalue weighted by molar-refractivity contribution is -0.144. The normalized spacial score (nSPS) is 15.7. The van der Waals surface area contributed by atoms with Crippen molar-refractivity contribution in [2.75, 3.05) is 18.6 Å². The number of carbonyl (C=O) groups excluding carboxylic acids is 1. The van der Waals surface area contributed by atoms with Crippen LogP contribution in [0.1, 0.15) is 49.8 Å². The first-order chi connectivity index (χ1) is 14.7. The van der Waals surface area contributed by atoms with Gasteiger partial charge in [-0.05, 0) is 36.1 Å². The van der Waals surface area contributed by atoms with Crippen molar-refractivity contribution in [2.45, 2.75) is 56.3 Å². The molecule has 0 unspecified atom stereocenters. The van der Waals surface area contributed by atoms with E-state index in [9.17, 15) is 22.8 Å². The summed E-state index contributed by atoms with van der Waals surface area (Å²) >= 11 is 1.26. The van der Waals surface area contributed by atoms with E-state index in [1.807, 2.05) is 0 Å². The minimum absolute atomic E-state index is 0.0240. The van der Waals surface area contributed by atoms with Crippen molar-refractivity contribution in [1.82, 2.24) is 4.57 Å². The second-order valence-corrected chi connectivity index (χ2v) is 8.50. The fourth-order valence-electron chi connectivity index (χ4n) is 3.84. The van der Waals surface area contributed by atoms with E-state index in [0.717, 1.165) is 37.8 Å². The fraction of sp³-hybridized carbons (Fsp3) is 0.455. The third-order valence-corrected chi connectivity index (χ3v) is 6.59. The summed E-state index contributed by atoms with van der Waals surface area (Å²) < 4.78 is 46.2. The van der Waals surface area contributed by atoms with E-state index in [2.05, 4.69) is 6.92 Å². The maximum absolute atomic E-state index is 13.4. The van der Waals surface area contributed by atoms with Crippen LogP contribution < -0.4 is 11.3 Å². The number of rotatable bonds is 7. The Morgan fingerprint density at radius 2 is 2.03 bits per heavy atom. The van der Waals surface area contributed by atoms with Gasteiger partial charge in [0.25, 0.3) is 5.56 Å². The number of aromatic nitrogens is 1. The van der Waals surface area contributed by atoms with Crippen LogP contribution in [-0.2, 0) is 22.1 Å². The van der Waals surface area contributed by atoms with E-state index >= 15 is 0 Å². The fourth-order valence-corrected chi connectivity index (χ4v) is 5.17. The summed E-state index contributed by atoms with van der Waals surface area (Å²) in [7, 11) is 1.23. The maximum Gasteiger partial charge on any atom is 0.416 e. The first kappa shape index (κ1) is 23.2. The Morgan fingerprint density at radius 3 is 2.68 bits per heavy atom. The molecule has 31 heavy (non-hydrogen) atoms. The highest BCUT2D eigenvalue weighted by molar-refractivity contribution is 7.99. The van der Waals surface area contributed by atoms with Gasteiger partial charge in [-0.25, -0.2) is 4.79 Å². The molecule has 1 atom stereocenters. The van der Waals surface area contributed by atoms with Crippen LogP contribution in [0.4, 0.5) is 18.9 Å². The molecule has 1 aromatic carbocycles. The number of benzene rings is 1. The number of carbonyl (C=O) groups is 1. The lowest BCUT2D eigenvalue weighted by atomic mass is 9.94. The molecule has 1 aliphatic heterocycles. The van der Waals surface area contributed by atoms with Gasteiger partial charge in [-0.15, -0.1) is 11.8 Å². The highest BCUT2D eigenvalue weighted by Gasteiger charge is 2.36. The third-order valence-electron chi connectivity index (χ3n) is 5.43. The number of thioether (sulfide) groups is 1. The van der Waals surface area contributed by atoms with E-state index in [1.54, 1.807) is 6.07 Å². The number of methoxy groups -OCH3 is 1. The van der Waals surface area contributed by atoms with Gasteiger partial charge in [0.1, 0.15) is 11.7 Å². The summed E-state index contributed by atoms with van der Waals surface area (Å²) in [4.78, 5) is 25.3. The van der Waals surface area contributed by atoms with Crippen LogP contribution in [0.25, 0.3) is 11.1 Å². The molecule has 2 N–H and O–H groups in total. The largest absolute Gasteiger partial charge is 0.467 e. The number of nitrogens with zero attached hydrogens (tertiary/aromatic N) is 1. The minimum atomic E-state index is -4.50. The zero-order chi connectivity index (χ0) is 22.8. The van der Waals surface area contributed by atoms with E-state index < -0.39 is 29.3 Å². The van der Waals surface area contributed by atoms with Gasteiger partial charge in [-0.1, -0.05) is 38.3 Å². The molecule has 2 heterocycles. The molecule has 0 amide bonds. The first-order valence-electron chi connectivity index (χ1n) is 10.2. The number of hydrogen-bond acceptors (Lipinski definition) is 5. The number of nitrogens with two attached hydrogens (primary N) is 1. The van der Waals surface area contributed by atoms with Gasteiger partial charge >= 0.3 is 12.1 Å². The van der Waals surface area contributed by atoms with E-state index in [4.69, 9.17) is 10.5 Å². The topological polar surface area (TPSA) is 74.3 Å². The summed E-state index contributed by atoms with van der Waals surface area (Å²) in [6.45, 7) is 2.08. The molecule has 0 saturated carbocycles. The molecule has 0 bridgehead atoms. The highest BCUT2D eigenvalue weighted by Crippen LogP contribution is 2.44. The standard InChI is InChI=1S/C22H25F3N2O3S/c1-3-4-5-6-10-15-17(13-8-7-9-14(11-13)22(23,24)25)20-27(19(28)18(15)26)16(12-31-20)21(29)30-2/h7-9,11,16H,3-6,10,12,26H2,1-2H3/t16-/m0/s1. The predicted molar refractivity (Wildman–Crippen MR) is 115 cm³/mol. The second kappa shape index (κ2) is 9.38. The zero-order valence-corrected chi connectivity index (χ0v) is 18.2. The SMILES string of the molecule is CCCCCCc1c(-c2cccc(C(F)(F)F)c2)c2n(c(=O)c1N)[C@H](C(=O)OC)CS2. The molecule has 1 aliphatic rings. The lowest BCUT2D eigenvalue weighted by Crippen LogP contribution is -2.32. The monoisotopic (exact) mass is 454 g/mol. The number of unbranched alkanes of at least 4 members (excludes halogenated alkanes) is 3. The van der Waals surface area contributed by atoms with Gasteiger partial charge in [0.2, 0.25) is 0 Å². The van der Waals surface area contributed by atoms with Crippen LogP contribution in [0.3, 0.4) is 0 Å². The summed E-state index contributed by atoms with van der Waals surface area (Å²) in [6, 6.07) is 4.14. The van der Waals surface area contributed by atoms with Gasteiger partial charge in [-0.2, -0.15) is 13.2 Å². The number of anilines is 1. The van der Waals surface area contributed by atoms with Crippen molar-refractivity contribution in [3.8, 4) is 11.1 Å². The van der Waals surface area contributed by atoms with Crippen LogP contribution in [0.15, 0.2) is 34.1 Å². The maximum atomic E-state index is 13.4. The Morgan fingerprint density at radius 1 is 1.29 bits per heavy atom. The summed E-state index contributed by atoms with van der Waals surface area (Å²) in [5, 5.41) is 0.458. The van der Waals surface area contributed by atoms with E-state index in [-0.39, 0.29) is 11.4 Å². The van der Waals surface area contributed by atoms with Crippen LogP contribution in [0.2, 0.25) is 0 Å². The molecule has 3 rings (SSSR count). The zero-order valence-electron chi connectivity index (χ0n) is 17.4. The van der Waals surface area contributed by atoms with Gasteiger partial charge in [0.15, 0.2) is 0 Å². The number of hydrogen-bond donors (Lipinski definition) is 1. The van der Waals surface area contributed by atoms with Crippen molar-refractivity contribution in [3.63, 3.8) is 0 Å². The Bertz CT molecular complexity index is 1030. The van der Waals surface area contributed by atoms with Crippen LogP contribution in [0, 0.1) is 0 Å². The Balaban J connectivity index is 2.22. The van der Waals surface area contributed by atoms with Gasteiger partial charge in [0, 0.05) is 11.3 Å². The quantitative estimate of drug-likeness (QED) is 0.468. The molecule has 168 valence electrons. The number of ether oxygens (including phenoxy) is 1. The molecule has 5 nitrogen and oxygen atoms in total. The number of nitrogen functional groups attached to an aromatic ring is 1. The highest BCUT2D eigenvalue weighted by atomic mass is 32.2. The average molecular weight is 455 g/mol. The molecular weight excluding hydrogens is 429 g/mol. The Hall–Kier alpha value is -2.42. The molecular formula is C22H25F3N2O3S. The smallest absolute Gasteiger partial charge is 0.416 e. The van der Waals surface area contributed by atoms with Crippen LogP contribution in [0.5, 0.6) is 0 Å². The van der Waals surface area contributed by atoms with Gasteiger partial charge in [0.05, 0.1) is 17.7 Å². The average Bonchev–Trinajstić information content (AvgIpc) is 3.18. The van der Waals surface area contributed by atoms with Crippen molar-refractivity contribution in [2.24, 2.45) is 0 Å². The molecule has 0 radical (unpaired) electrons. The van der Waals surface area contributed by atoms with Gasteiger partial charge in [-0.3, -0.25) is 9.36 Å². The Labute approximate surface area is 182 Å². The number of esters is 1. The number of alkyl halides is 3. The summed E-state index contributed by atoms with van der Waals surface area (Å²) in [6.07, 6.45) is -0.295. The number of fused-ring (bicyclic) bond motifs is 1. The first-order valence-corrected chi connectivity index (χ1v) is 11.1. The second-order valence-electron chi connectivity index (χ2n) is 7.49. The van der Waals surface area contributed by atoms with Crippen LogP contribution >= 0.6 is 11.8 Å². The van der Waals surface area contributed by atoms with Crippen molar-refractivity contribution in [3.05, 3.63) is 45.7 Å². The molecule has 2 aromatic rings. The van der Waals surface area contributed by atoms with Crippen LogP contribution in [-0.4, -0.2) is 23.4 Å². The molecule has 0 aliphatic carbocycles. The third kappa shape index (κ3) is 4.61. The number of pyridine rings is 1. The molecule has 0 spiro atoms. The van der Waals surface area contributed by atoms with Crippen molar-refractivity contribution in [1.29, 1.82) is 0 Å². The minimum Gasteiger partial charge on any atom is -0.467 e. The van der Waals surface area contributed by atoms with E-state index in [1.165, 1.54) is 29.5 Å².